The molecule has 3 rings (SSSR count). The summed E-state index contributed by atoms with van der Waals surface area (Å²) in [5.74, 6) is 0.781. The van der Waals surface area contributed by atoms with Crippen molar-refractivity contribution < 1.29 is 0 Å². The Balaban J connectivity index is 2.31. The number of aromatic amines is 1. The van der Waals surface area contributed by atoms with Gasteiger partial charge in [0, 0.05) is 18.1 Å². The number of hydrogen-bond acceptors (Lipinski definition) is 5. The predicted octanol–water partition coefficient (Wildman–Crippen LogP) is 2.82. The lowest BCUT2D eigenvalue weighted by molar-refractivity contribution is 0.757. The quantitative estimate of drug-likeness (QED) is 0.706. The first-order valence-electron chi connectivity index (χ1n) is 5.51. The van der Waals surface area contributed by atoms with Crippen molar-refractivity contribution in [3.05, 3.63) is 23.1 Å². The zero-order valence-corrected chi connectivity index (χ0v) is 11.3. The van der Waals surface area contributed by atoms with Gasteiger partial charge in [0.1, 0.15) is 4.83 Å². The number of thiophene rings is 1. The molecule has 5 nitrogen and oxygen atoms in total. The summed E-state index contributed by atoms with van der Waals surface area (Å²) in [7, 11) is 0. The second-order valence-electron chi connectivity index (χ2n) is 3.80. The Kier molecular flexibility index (Phi) is 2.64. The van der Waals surface area contributed by atoms with Crippen LogP contribution < -0.4 is 5.73 Å². The molecule has 3 N–H and O–H groups in total. The van der Waals surface area contributed by atoms with Crippen LogP contribution in [0.2, 0.25) is 0 Å². The number of nitrogen functional groups attached to an aromatic ring is 1. The van der Waals surface area contributed by atoms with Gasteiger partial charge in [0.2, 0.25) is 0 Å². The number of anilines is 1. The second kappa shape index (κ2) is 4.18. The number of hydrogen-bond donors (Lipinski definition) is 2. The first-order chi connectivity index (χ1) is 8.72. The average molecular weight is 277 g/mol. The lowest BCUT2D eigenvalue weighted by Gasteiger charge is -2.01. The van der Waals surface area contributed by atoms with Gasteiger partial charge in [0.15, 0.2) is 10.6 Å². The third-order valence-corrected chi connectivity index (χ3v) is 4.22. The van der Waals surface area contributed by atoms with E-state index in [1.54, 1.807) is 6.20 Å². The predicted molar refractivity (Wildman–Crippen MR) is 76.1 cm³/mol. The third kappa shape index (κ3) is 1.55. The second-order valence-corrected chi connectivity index (χ2v) is 5.18. The maximum absolute atomic E-state index is 6.17. The molecule has 0 atom stereocenters. The molecule has 0 fully saturated rings. The van der Waals surface area contributed by atoms with Gasteiger partial charge in [-0.15, -0.1) is 11.3 Å². The Hall–Kier alpha value is -1.73. The van der Waals surface area contributed by atoms with Crippen LogP contribution in [0.5, 0.6) is 0 Å². The van der Waals surface area contributed by atoms with Crippen LogP contribution in [-0.4, -0.2) is 19.7 Å². The number of nitrogens with one attached hydrogen (secondary N) is 1. The first kappa shape index (κ1) is 11.4. The number of pyridine rings is 1. The van der Waals surface area contributed by atoms with Gasteiger partial charge in [-0.3, -0.25) is 9.67 Å². The molecular weight excluding hydrogens is 266 g/mol. The highest BCUT2D eigenvalue weighted by atomic mass is 32.1. The minimum absolute atomic E-state index is 0.609. The van der Waals surface area contributed by atoms with E-state index in [-0.39, 0.29) is 0 Å². The van der Waals surface area contributed by atoms with E-state index in [2.05, 4.69) is 15.2 Å². The van der Waals surface area contributed by atoms with Crippen molar-refractivity contribution in [1.82, 2.24) is 19.7 Å². The van der Waals surface area contributed by atoms with Gasteiger partial charge in [0.25, 0.3) is 0 Å². The van der Waals surface area contributed by atoms with Crippen molar-refractivity contribution in [2.24, 2.45) is 0 Å². The normalized spacial score (nSPS) is 11.2. The van der Waals surface area contributed by atoms with Gasteiger partial charge in [0.05, 0.1) is 10.6 Å². The lowest BCUT2D eigenvalue weighted by Crippen LogP contribution is -1.98. The highest BCUT2D eigenvalue weighted by Gasteiger charge is 2.16. The van der Waals surface area contributed by atoms with Crippen molar-refractivity contribution in [3.8, 4) is 10.7 Å². The molecule has 0 aromatic carbocycles. The summed E-state index contributed by atoms with van der Waals surface area (Å²) < 4.78 is 2.54. The number of nitrogens with zero attached hydrogens (tertiary/aromatic N) is 3. The van der Waals surface area contributed by atoms with Gasteiger partial charge in [-0.2, -0.15) is 5.10 Å². The highest BCUT2D eigenvalue weighted by molar-refractivity contribution is 7.71. The van der Waals surface area contributed by atoms with Crippen LogP contribution in [0.15, 0.2) is 18.3 Å². The fourth-order valence-corrected chi connectivity index (χ4v) is 3.22. The van der Waals surface area contributed by atoms with E-state index in [0.29, 0.717) is 10.5 Å². The van der Waals surface area contributed by atoms with Crippen molar-refractivity contribution in [2.45, 2.75) is 13.5 Å². The molecule has 0 aliphatic heterocycles. The van der Waals surface area contributed by atoms with Crippen LogP contribution >= 0.6 is 23.6 Å². The molecule has 3 heterocycles. The van der Waals surface area contributed by atoms with Gasteiger partial charge < -0.3 is 5.73 Å². The van der Waals surface area contributed by atoms with Gasteiger partial charge in [-0.05, 0) is 31.3 Å². The maximum atomic E-state index is 6.17. The summed E-state index contributed by atoms with van der Waals surface area (Å²) in [5, 5.41) is 8.03. The number of H-pyrrole nitrogens is 1. The van der Waals surface area contributed by atoms with Crippen LogP contribution in [0.3, 0.4) is 0 Å². The maximum Gasteiger partial charge on any atom is 0.195 e. The number of rotatable bonds is 2. The zero-order chi connectivity index (χ0) is 12.7. The van der Waals surface area contributed by atoms with Crippen molar-refractivity contribution >= 4 is 39.5 Å². The van der Waals surface area contributed by atoms with E-state index in [0.717, 1.165) is 27.5 Å². The summed E-state index contributed by atoms with van der Waals surface area (Å²) in [6, 6.07) is 3.85. The topological polar surface area (TPSA) is 72.5 Å². The van der Waals surface area contributed by atoms with E-state index < -0.39 is 0 Å². The van der Waals surface area contributed by atoms with E-state index in [9.17, 15) is 0 Å². The molecule has 0 saturated carbocycles. The molecule has 0 aliphatic rings. The first-order valence-corrected chi connectivity index (χ1v) is 6.73. The summed E-state index contributed by atoms with van der Waals surface area (Å²) in [5.41, 5.74) is 6.89. The molecule has 3 aromatic heterocycles. The molecule has 18 heavy (non-hydrogen) atoms. The Morgan fingerprint density at radius 1 is 1.56 bits per heavy atom. The van der Waals surface area contributed by atoms with Crippen LogP contribution in [0.25, 0.3) is 20.9 Å². The van der Waals surface area contributed by atoms with Crippen LogP contribution in [-0.2, 0) is 6.54 Å². The Labute approximate surface area is 112 Å². The molecule has 0 radical (unpaired) electrons. The van der Waals surface area contributed by atoms with Crippen LogP contribution in [0.1, 0.15) is 6.92 Å². The molecular formula is C11H11N5S2. The third-order valence-electron chi connectivity index (χ3n) is 2.78. The van der Waals surface area contributed by atoms with E-state index >= 15 is 0 Å². The van der Waals surface area contributed by atoms with Crippen LogP contribution in [0, 0.1) is 4.77 Å². The van der Waals surface area contributed by atoms with E-state index in [1.807, 2.05) is 23.6 Å². The highest BCUT2D eigenvalue weighted by Crippen LogP contribution is 2.38. The SMILES string of the molecule is CCn1c(-c2sc3ncccc3c2N)n[nH]c1=S. The van der Waals surface area contributed by atoms with Gasteiger partial charge in [-0.1, -0.05) is 0 Å². The zero-order valence-electron chi connectivity index (χ0n) is 9.67. The summed E-state index contributed by atoms with van der Waals surface area (Å²) >= 11 is 6.72. The average Bonchev–Trinajstić information content (AvgIpc) is 2.91. The standard InChI is InChI=1S/C11H11N5S2/c1-2-16-9(14-15-11(16)17)8-7(12)6-4-3-5-13-10(6)18-8/h3-5H,2,12H2,1H3,(H,15,17). The Morgan fingerprint density at radius 2 is 2.39 bits per heavy atom. The number of aromatic nitrogens is 4. The van der Waals surface area contributed by atoms with Crippen molar-refractivity contribution in [2.75, 3.05) is 5.73 Å². The van der Waals surface area contributed by atoms with Crippen molar-refractivity contribution in [3.63, 3.8) is 0 Å². The molecule has 3 aromatic rings. The Morgan fingerprint density at radius 3 is 3.11 bits per heavy atom. The Bertz CT molecular complexity index is 767. The fourth-order valence-electron chi connectivity index (χ4n) is 1.90. The van der Waals surface area contributed by atoms with Gasteiger partial charge >= 0.3 is 0 Å². The molecule has 0 bridgehead atoms. The molecule has 0 saturated heterocycles. The minimum Gasteiger partial charge on any atom is -0.397 e. The molecule has 7 heteroatoms. The number of nitrogens with two attached hydrogens (primary N) is 1. The summed E-state index contributed by atoms with van der Waals surface area (Å²) in [4.78, 5) is 6.15. The van der Waals surface area contributed by atoms with E-state index in [1.165, 1.54) is 11.3 Å². The largest absolute Gasteiger partial charge is 0.397 e. The smallest absolute Gasteiger partial charge is 0.195 e. The molecule has 0 unspecified atom stereocenters. The molecule has 92 valence electrons. The monoisotopic (exact) mass is 277 g/mol. The van der Waals surface area contributed by atoms with Crippen LogP contribution in [0.4, 0.5) is 5.69 Å². The molecule has 0 spiro atoms. The summed E-state index contributed by atoms with van der Waals surface area (Å²) in [6.07, 6.45) is 1.76. The lowest BCUT2D eigenvalue weighted by atomic mass is 10.2. The van der Waals surface area contributed by atoms with Crippen molar-refractivity contribution in [1.29, 1.82) is 0 Å². The van der Waals surface area contributed by atoms with Gasteiger partial charge in [-0.25, -0.2) is 4.98 Å². The summed E-state index contributed by atoms with van der Waals surface area (Å²) in [6.45, 7) is 2.78. The molecule has 0 aliphatic carbocycles. The number of fused-ring (bicyclic) bond motifs is 1. The minimum atomic E-state index is 0.609. The van der Waals surface area contributed by atoms with E-state index in [4.69, 9.17) is 18.0 Å². The fraction of sp³-hybridized carbons (Fsp3) is 0.182. The molecule has 0 amide bonds.